The first kappa shape index (κ1) is 8.93. The molecular weight excluding hydrogens is 182 g/mol. The molecule has 0 amide bonds. The largest absolute Gasteiger partial charge is 0.367 e. The van der Waals surface area contributed by atoms with Crippen molar-refractivity contribution in [2.45, 2.75) is 25.8 Å². The summed E-state index contributed by atoms with van der Waals surface area (Å²) in [5.41, 5.74) is 0.722. The van der Waals surface area contributed by atoms with Crippen LogP contribution < -0.4 is 5.32 Å². The standard InChI is InChI=1S/C9H11N3O2/c1-6-4-9(11-7-2-3-7)10-5-8(6)12(13)14/h4-5,7H,2-3H2,1H3,(H,10,11). The van der Waals surface area contributed by atoms with Crippen LogP contribution >= 0.6 is 0 Å². The van der Waals surface area contributed by atoms with E-state index in [1.807, 2.05) is 0 Å². The Bertz CT molecular complexity index is 374. The highest BCUT2D eigenvalue weighted by Gasteiger charge is 2.22. The lowest BCUT2D eigenvalue weighted by Gasteiger charge is -2.03. The number of nitrogens with zero attached hydrogens (tertiary/aromatic N) is 2. The van der Waals surface area contributed by atoms with E-state index >= 15 is 0 Å². The highest BCUT2D eigenvalue weighted by molar-refractivity contribution is 5.47. The van der Waals surface area contributed by atoms with Crippen LogP contribution in [0, 0.1) is 17.0 Å². The van der Waals surface area contributed by atoms with Crippen molar-refractivity contribution >= 4 is 11.5 Å². The molecule has 1 heterocycles. The zero-order chi connectivity index (χ0) is 10.1. The molecule has 0 aliphatic heterocycles. The number of nitro groups is 1. The van der Waals surface area contributed by atoms with Gasteiger partial charge in [0.2, 0.25) is 0 Å². The Morgan fingerprint density at radius 3 is 2.86 bits per heavy atom. The Morgan fingerprint density at radius 2 is 2.36 bits per heavy atom. The molecule has 0 spiro atoms. The molecule has 0 atom stereocenters. The lowest BCUT2D eigenvalue weighted by atomic mass is 10.2. The Balaban J connectivity index is 2.20. The van der Waals surface area contributed by atoms with E-state index < -0.39 is 4.92 Å². The first-order valence-electron chi connectivity index (χ1n) is 4.54. The molecule has 1 saturated carbocycles. The van der Waals surface area contributed by atoms with Gasteiger partial charge in [0.05, 0.1) is 4.92 Å². The maximum Gasteiger partial charge on any atom is 0.290 e. The second-order valence-electron chi connectivity index (χ2n) is 3.53. The highest BCUT2D eigenvalue weighted by Crippen LogP contribution is 2.25. The van der Waals surface area contributed by atoms with Crippen molar-refractivity contribution < 1.29 is 4.92 Å². The molecule has 5 nitrogen and oxygen atoms in total. The first-order valence-corrected chi connectivity index (χ1v) is 4.54. The molecule has 0 unspecified atom stereocenters. The van der Waals surface area contributed by atoms with Crippen LogP contribution in [0.5, 0.6) is 0 Å². The maximum atomic E-state index is 10.5. The summed E-state index contributed by atoms with van der Waals surface area (Å²) in [4.78, 5) is 14.1. The molecule has 0 bridgehead atoms. The van der Waals surface area contributed by atoms with Gasteiger partial charge in [0, 0.05) is 11.6 Å². The zero-order valence-electron chi connectivity index (χ0n) is 7.86. The van der Waals surface area contributed by atoms with Gasteiger partial charge in [-0.2, -0.15) is 0 Å². The van der Waals surface area contributed by atoms with Gasteiger partial charge in [-0.3, -0.25) is 10.1 Å². The Morgan fingerprint density at radius 1 is 1.64 bits per heavy atom. The third-order valence-electron chi connectivity index (χ3n) is 2.21. The number of aromatic nitrogens is 1. The molecular formula is C9H11N3O2. The molecule has 1 aliphatic rings. The van der Waals surface area contributed by atoms with E-state index in [0.29, 0.717) is 11.6 Å². The van der Waals surface area contributed by atoms with Crippen LogP contribution in [0.25, 0.3) is 0 Å². The average Bonchev–Trinajstić information content (AvgIpc) is 2.87. The average molecular weight is 193 g/mol. The summed E-state index contributed by atoms with van der Waals surface area (Å²) in [6.45, 7) is 1.72. The van der Waals surface area contributed by atoms with Gasteiger partial charge in [0.25, 0.3) is 5.69 Å². The van der Waals surface area contributed by atoms with Crippen molar-refractivity contribution in [3.63, 3.8) is 0 Å². The highest BCUT2D eigenvalue weighted by atomic mass is 16.6. The molecule has 1 aromatic heterocycles. The minimum absolute atomic E-state index is 0.0753. The molecule has 5 heteroatoms. The van der Waals surface area contributed by atoms with Gasteiger partial charge in [-0.25, -0.2) is 4.98 Å². The molecule has 1 N–H and O–H groups in total. The van der Waals surface area contributed by atoms with E-state index in [0.717, 1.165) is 18.7 Å². The van der Waals surface area contributed by atoms with Crippen LogP contribution in [0.3, 0.4) is 0 Å². The summed E-state index contributed by atoms with van der Waals surface area (Å²) in [5, 5.41) is 13.7. The fourth-order valence-electron chi connectivity index (χ4n) is 1.26. The third-order valence-corrected chi connectivity index (χ3v) is 2.21. The second kappa shape index (κ2) is 3.25. The second-order valence-corrected chi connectivity index (χ2v) is 3.53. The fraction of sp³-hybridized carbons (Fsp3) is 0.444. The SMILES string of the molecule is Cc1cc(NC2CC2)ncc1[N+](=O)[O-]. The molecule has 1 fully saturated rings. The Labute approximate surface area is 81.3 Å². The summed E-state index contributed by atoms with van der Waals surface area (Å²) in [5.74, 6) is 0.732. The van der Waals surface area contributed by atoms with E-state index in [2.05, 4.69) is 10.3 Å². The van der Waals surface area contributed by atoms with E-state index in [1.54, 1.807) is 13.0 Å². The van der Waals surface area contributed by atoms with E-state index in [4.69, 9.17) is 0 Å². The molecule has 0 saturated heterocycles. The first-order chi connectivity index (χ1) is 6.66. The van der Waals surface area contributed by atoms with Crippen molar-refractivity contribution in [3.8, 4) is 0 Å². The van der Waals surface area contributed by atoms with Crippen LogP contribution in [0.1, 0.15) is 18.4 Å². The fourth-order valence-corrected chi connectivity index (χ4v) is 1.26. The third kappa shape index (κ3) is 1.81. The number of rotatable bonds is 3. The topological polar surface area (TPSA) is 68.1 Å². The minimum atomic E-state index is -0.413. The van der Waals surface area contributed by atoms with Gasteiger partial charge in [-0.15, -0.1) is 0 Å². The van der Waals surface area contributed by atoms with Gasteiger partial charge in [0.1, 0.15) is 12.0 Å². The summed E-state index contributed by atoms with van der Waals surface area (Å²) in [7, 11) is 0. The normalized spacial score (nSPS) is 15.2. The predicted octanol–water partition coefficient (Wildman–Crippen LogP) is 1.87. The van der Waals surface area contributed by atoms with Crippen LogP contribution in [0.15, 0.2) is 12.3 Å². The summed E-state index contributed by atoms with van der Waals surface area (Å²) >= 11 is 0. The number of hydrogen-bond acceptors (Lipinski definition) is 4. The summed E-state index contributed by atoms with van der Waals surface area (Å²) in [6.07, 6.45) is 3.63. The van der Waals surface area contributed by atoms with Gasteiger partial charge < -0.3 is 5.32 Å². The van der Waals surface area contributed by atoms with Crippen molar-refractivity contribution in [2.75, 3.05) is 5.32 Å². The molecule has 0 radical (unpaired) electrons. The van der Waals surface area contributed by atoms with Gasteiger partial charge in [0.15, 0.2) is 0 Å². The molecule has 14 heavy (non-hydrogen) atoms. The molecule has 0 aromatic carbocycles. The quantitative estimate of drug-likeness (QED) is 0.587. The van der Waals surface area contributed by atoms with Gasteiger partial charge in [-0.05, 0) is 25.8 Å². The zero-order valence-corrected chi connectivity index (χ0v) is 7.86. The molecule has 74 valence electrons. The van der Waals surface area contributed by atoms with E-state index in [1.165, 1.54) is 6.20 Å². The Hall–Kier alpha value is -1.65. The van der Waals surface area contributed by atoms with Crippen molar-refractivity contribution in [3.05, 3.63) is 27.9 Å². The smallest absolute Gasteiger partial charge is 0.290 e. The lowest BCUT2D eigenvalue weighted by Crippen LogP contribution is -2.04. The molecule has 1 aliphatic carbocycles. The molecule has 2 rings (SSSR count). The van der Waals surface area contributed by atoms with Crippen LogP contribution in [0.4, 0.5) is 11.5 Å². The number of hydrogen-bond donors (Lipinski definition) is 1. The number of aryl methyl sites for hydroxylation is 1. The minimum Gasteiger partial charge on any atom is -0.367 e. The predicted molar refractivity (Wildman–Crippen MR) is 52.3 cm³/mol. The number of anilines is 1. The van der Waals surface area contributed by atoms with Crippen LogP contribution in [-0.4, -0.2) is 15.9 Å². The Kier molecular flexibility index (Phi) is 2.07. The van der Waals surface area contributed by atoms with E-state index in [9.17, 15) is 10.1 Å². The molecule has 1 aromatic rings. The van der Waals surface area contributed by atoms with Gasteiger partial charge >= 0.3 is 0 Å². The lowest BCUT2D eigenvalue weighted by molar-refractivity contribution is -0.385. The monoisotopic (exact) mass is 193 g/mol. The van der Waals surface area contributed by atoms with Crippen molar-refractivity contribution in [1.29, 1.82) is 0 Å². The number of nitrogens with one attached hydrogen (secondary N) is 1. The van der Waals surface area contributed by atoms with E-state index in [-0.39, 0.29) is 5.69 Å². The number of pyridine rings is 1. The summed E-state index contributed by atoms with van der Waals surface area (Å²) in [6, 6.07) is 2.24. The van der Waals surface area contributed by atoms with Crippen LogP contribution in [-0.2, 0) is 0 Å². The van der Waals surface area contributed by atoms with Gasteiger partial charge in [-0.1, -0.05) is 0 Å². The van der Waals surface area contributed by atoms with Crippen LogP contribution in [0.2, 0.25) is 0 Å². The van der Waals surface area contributed by atoms with Crippen molar-refractivity contribution in [1.82, 2.24) is 4.98 Å². The maximum absolute atomic E-state index is 10.5. The van der Waals surface area contributed by atoms with Crippen molar-refractivity contribution in [2.24, 2.45) is 0 Å². The summed E-state index contributed by atoms with van der Waals surface area (Å²) < 4.78 is 0.